The van der Waals surface area contributed by atoms with Gasteiger partial charge in [0.2, 0.25) is 0 Å². The molecule has 0 amide bonds. The summed E-state index contributed by atoms with van der Waals surface area (Å²) in [4.78, 5) is 0. The maximum Gasteiger partial charge on any atom is 0.432 e. The summed E-state index contributed by atoms with van der Waals surface area (Å²) < 4.78 is 141. The van der Waals surface area contributed by atoms with E-state index in [0.717, 1.165) is 12.1 Å². The molecular weight excluding hydrogens is 458 g/mol. The molecule has 0 aromatic heterocycles. The first-order valence-corrected chi connectivity index (χ1v) is 8.60. The van der Waals surface area contributed by atoms with Gasteiger partial charge in [0.15, 0.2) is 0 Å². The van der Waals surface area contributed by atoms with Crippen molar-refractivity contribution in [3.63, 3.8) is 0 Å². The first kappa shape index (κ1) is 23.4. The molecule has 11 heteroatoms. The zero-order valence-electron chi connectivity index (χ0n) is 15.7. The van der Waals surface area contributed by atoms with Gasteiger partial charge in [0.05, 0.1) is 11.1 Å². The van der Waals surface area contributed by atoms with Crippen molar-refractivity contribution >= 4 is 0 Å². The Morgan fingerprint density at radius 3 is 1.66 bits per heavy atom. The summed E-state index contributed by atoms with van der Waals surface area (Å²) in [6.45, 7) is 1.35. The molecule has 0 saturated heterocycles. The van der Waals surface area contributed by atoms with E-state index >= 15 is 0 Å². The van der Waals surface area contributed by atoms with E-state index in [1.54, 1.807) is 0 Å². The van der Waals surface area contributed by atoms with Crippen molar-refractivity contribution in [3.8, 4) is 16.9 Å². The van der Waals surface area contributed by atoms with Gasteiger partial charge in [0.25, 0.3) is 0 Å². The monoisotopic (exact) mass is 468 g/mol. The van der Waals surface area contributed by atoms with Crippen LogP contribution in [0.2, 0.25) is 0 Å². The lowest BCUT2D eigenvalue weighted by Gasteiger charge is -2.20. The molecule has 0 bridgehead atoms. The molecule has 0 aliphatic rings. The van der Waals surface area contributed by atoms with E-state index in [9.17, 15) is 43.9 Å². The number of alkyl halides is 5. The van der Waals surface area contributed by atoms with Gasteiger partial charge in [0, 0.05) is 6.07 Å². The molecule has 3 aromatic carbocycles. The molecule has 0 aliphatic carbocycles. The minimum Gasteiger partial charge on any atom is -0.429 e. The third-order valence-electron chi connectivity index (χ3n) is 4.30. The second kappa shape index (κ2) is 8.03. The second-order valence-corrected chi connectivity index (χ2v) is 6.68. The highest BCUT2D eigenvalue weighted by Crippen LogP contribution is 2.39. The Morgan fingerprint density at radius 2 is 1.19 bits per heavy atom. The number of benzene rings is 3. The lowest BCUT2D eigenvalue weighted by molar-refractivity contribution is -0.189. The van der Waals surface area contributed by atoms with Crippen LogP contribution < -0.4 is 4.74 Å². The Balaban J connectivity index is 2.00. The molecule has 3 rings (SSSR count). The maximum absolute atomic E-state index is 14.4. The quantitative estimate of drug-likeness (QED) is 0.360. The van der Waals surface area contributed by atoms with E-state index in [4.69, 9.17) is 0 Å². The van der Waals surface area contributed by atoms with E-state index in [1.807, 2.05) is 0 Å². The number of halogens is 10. The SMILES string of the molecule is Cc1cc(F)c(-c2cc(F)c(C(F)(F)Oc3ccc(C(F)(F)F)c(F)c3)c(F)c2)c(F)c1. The van der Waals surface area contributed by atoms with Gasteiger partial charge in [-0.1, -0.05) is 0 Å². The van der Waals surface area contributed by atoms with Crippen molar-refractivity contribution in [2.45, 2.75) is 19.2 Å². The van der Waals surface area contributed by atoms with Crippen LogP contribution in [0.15, 0.2) is 42.5 Å². The smallest absolute Gasteiger partial charge is 0.429 e. The van der Waals surface area contributed by atoms with Crippen LogP contribution in [-0.4, -0.2) is 0 Å². The fraction of sp³-hybridized carbons (Fsp3) is 0.143. The Kier molecular flexibility index (Phi) is 5.88. The third kappa shape index (κ3) is 4.51. The molecule has 0 spiro atoms. The molecule has 0 heterocycles. The average molecular weight is 468 g/mol. The number of hydrogen-bond acceptors (Lipinski definition) is 1. The minimum absolute atomic E-state index is 0.0298. The Hall–Kier alpha value is -3.24. The van der Waals surface area contributed by atoms with Crippen molar-refractivity contribution in [2.75, 3.05) is 0 Å². The highest BCUT2D eigenvalue weighted by Gasteiger charge is 2.42. The standard InChI is InChI=1S/C21H10F10O/c1-9-4-14(23)18(15(24)5-9)10-6-16(25)19(17(26)7-10)21(30,31)32-11-2-3-12(13(22)8-11)20(27,28)29/h2-8H,1H3. The lowest BCUT2D eigenvalue weighted by atomic mass is 10.00. The Bertz CT molecular complexity index is 1140. The van der Waals surface area contributed by atoms with Crippen LogP contribution in [0.1, 0.15) is 16.7 Å². The number of rotatable bonds is 4. The van der Waals surface area contributed by atoms with E-state index in [0.29, 0.717) is 6.07 Å². The Morgan fingerprint density at radius 1 is 0.656 bits per heavy atom. The molecule has 0 saturated carbocycles. The first-order chi connectivity index (χ1) is 14.7. The van der Waals surface area contributed by atoms with Gasteiger partial charge < -0.3 is 4.74 Å². The molecule has 0 atom stereocenters. The predicted octanol–water partition coefficient (Wildman–Crippen LogP) is 7.50. The van der Waals surface area contributed by atoms with Gasteiger partial charge in [0.1, 0.15) is 40.4 Å². The molecular formula is C21H10F10O. The summed E-state index contributed by atoms with van der Waals surface area (Å²) in [5.41, 5.74) is -5.19. The molecule has 0 radical (unpaired) electrons. The molecule has 0 unspecified atom stereocenters. The van der Waals surface area contributed by atoms with Gasteiger partial charge in [-0.05, 0) is 54.4 Å². The third-order valence-corrected chi connectivity index (χ3v) is 4.30. The molecule has 3 aromatic rings. The predicted molar refractivity (Wildman–Crippen MR) is 92.4 cm³/mol. The minimum atomic E-state index is -5.11. The zero-order valence-corrected chi connectivity index (χ0v) is 15.7. The molecule has 32 heavy (non-hydrogen) atoms. The van der Waals surface area contributed by atoms with Crippen molar-refractivity contribution in [2.24, 2.45) is 0 Å². The summed E-state index contributed by atoms with van der Waals surface area (Å²) in [6, 6.07) is 2.61. The van der Waals surface area contributed by atoms with Gasteiger partial charge in [-0.15, -0.1) is 0 Å². The number of hydrogen-bond donors (Lipinski definition) is 0. The van der Waals surface area contributed by atoms with Crippen LogP contribution in [-0.2, 0) is 12.3 Å². The van der Waals surface area contributed by atoms with Crippen molar-refractivity contribution in [1.29, 1.82) is 0 Å². The van der Waals surface area contributed by atoms with Crippen LogP contribution >= 0.6 is 0 Å². The average Bonchev–Trinajstić information content (AvgIpc) is 2.58. The fourth-order valence-electron chi connectivity index (χ4n) is 2.96. The van der Waals surface area contributed by atoms with Crippen molar-refractivity contribution in [1.82, 2.24) is 0 Å². The van der Waals surface area contributed by atoms with Crippen molar-refractivity contribution in [3.05, 3.63) is 88.2 Å². The summed E-state index contributed by atoms with van der Waals surface area (Å²) >= 11 is 0. The first-order valence-electron chi connectivity index (χ1n) is 8.60. The molecule has 0 N–H and O–H groups in total. The van der Waals surface area contributed by atoms with E-state index in [2.05, 4.69) is 4.74 Å². The highest BCUT2D eigenvalue weighted by molar-refractivity contribution is 5.66. The number of aryl methyl sites for hydroxylation is 1. The summed E-state index contributed by atoms with van der Waals surface area (Å²) in [6.07, 6.45) is -9.93. The van der Waals surface area contributed by atoms with Gasteiger partial charge in [-0.3, -0.25) is 0 Å². The fourth-order valence-corrected chi connectivity index (χ4v) is 2.96. The summed E-state index contributed by atoms with van der Waals surface area (Å²) in [7, 11) is 0. The zero-order chi connectivity index (χ0) is 24.0. The lowest BCUT2D eigenvalue weighted by Crippen LogP contribution is -2.25. The van der Waals surface area contributed by atoms with Crippen LogP contribution in [0.3, 0.4) is 0 Å². The maximum atomic E-state index is 14.4. The topological polar surface area (TPSA) is 9.23 Å². The Labute approximate surface area is 173 Å². The largest absolute Gasteiger partial charge is 0.432 e. The van der Waals surface area contributed by atoms with E-state index in [-0.39, 0.29) is 29.8 Å². The molecule has 0 aliphatic heterocycles. The van der Waals surface area contributed by atoms with Crippen LogP contribution in [0.4, 0.5) is 43.9 Å². The van der Waals surface area contributed by atoms with Crippen LogP contribution in [0.25, 0.3) is 11.1 Å². The van der Waals surface area contributed by atoms with E-state index < -0.39 is 69.4 Å². The van der Waals surface area contributed by atoms with Crippen LogP contribution in [0.5, 0.6) is 5.75 Å². The number of ether oxygens (including phenoxy) is 1. The molecule has 170 valence electrons. The van der Waals surface area contributed by atoms with Crippen molar-refractivity contribution < 1.29 is 48.6 Å². The normalized spacial score (nSPS) is 12.2. The molecule has 0 fully saturated rings. The summed E-state index contributed by atoms with van der Waals surface area (Å²) in [5, 5.41) is 0. The second-order valence-electron chi connectivity index (χ2n) is 6.68. The van der Waals surface area contributed by atoms with Gasteiger partial charge in [-0.25, -0.2) is 22.0 Å². The molecule has 1 nitrogen and oxygen atoms in total. The van der Waals surface area contributed by atoms with Crippen LogP contribution in [0, 0.1) is 36.0 Å². The van der Waals surface area contributed by atoms with Gasteiger partial charge in [-0.2, -0.15) is 22.0 Å². The highest BCUT2D eigenvalue weighted by atomic mass is 19.4. The van der Waals surface area contributed by atoms with Gasteiger partial charge >= 0.3 is 12.3 Å². The summed E-state index contributed by atoms with van der Waals surface area (Å²) in [5.74, 6) is -9.42. The van der Waals surface area contributed by atoms with E-state index in [1.165, 1.54) is 6.92 Å².